The average Bonchev–Trinajstić information content (AvgIpc) is 2.81. The van der Waals surface area contributed by atoms with E-state index < -0.39 is 24.3 Å². The molecule has 32 heavy (non-hydrogen) atoms. The van der Waals surface area contributed by atoms with Crippen molar-refractivity contribution >= 4 is 23.9 Å². The summed E-state index contributed by atoms with van der Waals surface area (Å²) in [6, 6.07) is 9.57. The van der Waals surface area contributed by atoms with Crippen molar-refractivity contribution in [2.24, 2.45) is 0 Å². The zero-order valence-electron chi connectivity index (χ0n) is 18.1. The van der Waals surface area contributed by atoms with Gasteiger partial charge in [0.25, 0.3) is 11.8 Å². The van der Waals surface area contributed by atoms with E-state index in [0.717, 1.165) is 0 Å². The Morgan fingerprint density at radius 2 is 1.50 bits per heavy atom. The van der Waals surface area contributed by atoms with Gasteiger partial charge in [-0.25, -0.2) is 0 Å². The van der Waals surface area contributed by atoms with Gasteiger partial charge < -0.3 is 34.7 Å². The molecule has 10 nitrogen and oxygen atoms in total. The molecule has 0 spiro atoms. The van der Waals surface area contributed by atoms with Gasteiger partial charge in [-0.15, -0.1) is 0 Å². The third kappa shape index (κ3) is 6.14. The Hall–Kier alpha value is -4.21. The molecule has 0 heterocycles. The molecular formula is C22H24N2O8. The van der Waals surface area contributed by atoms with Gasteiger partial charge in [-0.2, -0.15) is 0 Å². The predicted molar refractivity (Wildman–Crippen MR) is 115 cm³/mol. The highest BCUT2D eigenvalue weighted by Gasteiger charge is 2.20. The Kier molecular flexibility index (Phi) is 8.46. The van der Waals surface area contributed by atoms with E-state index in [-0.39, 0.29) is 22.8 Å². The van der Waals surface area contributed by atoms with E-state index in [4.69, 9.17) is 24.1 Å². The SMILES string of the molecule is COc1ccc(C=C(NC(=O)c2cc(OC)c(OC)c(OC)c2)C(=O)NCC(=O)O)cc1. The zero-order chi connectivity index (χ0) is 23.7. The van der Waals surface area contributed by atoms with Gasteiger partial charge in [0.15, 0.2) is 11.5 Å². The van der Waals surface area contributed by atoms with E-state index in [9.17, 15) is 14.4 Å². The number of rotatable bonds is 10. The molecule has 0 aliphatic rings. The number of carboxylic acids is 1. The largest absolute Gasteiger partial charge is 0.497 e. The quantitative estimate of drug-likeness (QED) is 0.472. The first-order valence-corrected chi connectivity index (χ1v) is 9.30. The van der Waals surface area contributed by atoms with Crippen molar-refractivity contribution in [3.05, 3.63) is 53.2 Å². The highest BCUT2D eigenvalue weighted by atomic mass is 16.5. The summed E-state index contributed by atoms with van der Waals surface area (Å²) in [5, 5.41) is 13.6. The van der Waals surface area contributed by atoms with E-state index >= 15 is 0 Å². The molecule has 0 bridgehead atoms. The number of ether oxygens (including phenoxy) is 4. The summed E-state index contributed by atoms with van der Waals surface area (Å²) in [7, 11) is 5.77. The number of amides is 2. The van der Waals surface area contributed by atoms with Crippen molar-refractivity contribution in [2.75, 3.05) is 35.0 Å². The molecule has 0 unspecified atom stereocenters. The molecular weight excluding hydrogens is 420 g/mol. The highest BCUT2D eigenvalue weighted by Crippen LogP contribution is 2.38. The summed E-state index contributed by atoms with van der Waals surface area (Å²) >= 11 is 0. The number of benzene rings is 2. The predicted octanol–water partition coefficient (Wildman–Crippen LogP) is 1.69. The van der Waals surface area contributed by atoms with Gasteiger partial charge in [0, 0.05) is 5.56 Å². The van der Waals surface area contributed by atoms with Gasteiger partial charge in [0.2, 0.25) is 5.75 Å². The Labute approximate surface area is 184 Å². The third-order valence-corrected chi connectivity index (χ3v) is 4.25. The van der Waals surface area contributed by atoms with Crippen LogP contribution in [0.2, 0.25) is 0 Å². The van der Waals surface area contributed by atoms with Gasteiger partial charge in [-0.3, -0.25) is 14.4 Å². The first-order valence-electron chi connectivity index (χ1n) is 9.30. The number of carbonyl (C=O) groups is 3. The van der Waals surface area contributed by atoms with E-state index in [1.54, 1.807) is 24.3 Å². The lowest BCUT2D eigenvalue weighted by atomic mass is 10.1. The summed E-state index contributed by atoms with van der Waals surface area (Å²) in [5.41, 5.74) is 0.554. The molecule has 0 saturated heterocycles. The molecule has 0 aromatic heterocycles. The minimum atomic E-state index is -1.22. The molecule has 0 aliphatic carbocycles. The van der Waals surface area contributed by atoms with Gasteiger partial charge >= 0.3 is 5.97 Å². The maximum Gasteiger partial charge on any atom is 0.322 e. The summed E-state index contributed by atoms with van der Waals surface area (Å²) in [6.45, 7) is -0.612. The number of carboxylic acid groups (broad SMARTS) is 1. The summed E-state index contributed by atoms with van der Waals surface area (Å²) < 4.78 is 20.8. The van der Waals surface area contributed by atoms with E-state index in [1.165, 1.54) is 46.6 Å². The lowest BCUT2D eigenvalue weighted by Gasteiger charge is -2.15. The molecule has 3 N–H and O–H groups in total. The molecule has 0 saturated carbocycles. The second-order valence-corrected chi connectivity index (χ2v) is 6.28. The van der Waals surface area contributed by atoms with Gasteiger partial charge in [-0.05, 0) is 35.9 Å². The Morgan fingerprint density at radius 3 is 1.97 bits per heavy atom. The van der Waals surface area contributed by atoms with Crippen LogP contribution in [-0.2, 0) is 9.59 Å². The van der Waals surface area contributed by atoms with Crippen LogP contribution >= 0.6 is 0 Å². The van der Waals surface area contributed by atoms with Crippen LogP contribution in [0.15, 0.2) is 42.1 Å². The fourth-order valence-corrected chi connectivity index (χ4v) is 2.68. The molecule has 2 aromatic rings. The summed E-state index contributed by atoms with van der Waals surface area (Å²) in [6.07, 6.45) is 1.41. The maximum atomic E-state index is 12.9. The molecule has 0 aliphatic heterocycles. The molecule has 10 heteroatoms. The van der Waals surface area contributed by atoms with Crippen LogP contribution in [0.25, 0.3) is 6.08 Å². The molecule has 170 valence electrons. The van der Waals surface area contributed by atoms with Crippen molar-refractivity contribution in [1.82, 2.24) is 10.6 Å². The number of nitrogens with one attached hydrogen (secondary N) is 2. The van der Waals surface area contributed by atoms with Crippen LogP contribution < -0.4 is 29.6 Å². The van der Waals surface area contributed by atoms with E-state index in [2.05, 4.69) is 10.6 Å². The molecule has 0 fully saturated rings. The number of aliphatic carboxylic acids is 1. The van der Waals surface area contributed by atoms with Crippen LogP contribution in [0, 0.1) is 0 Å². The lowest BCUT2D eigenvalue weighted by molar-refractivity contribution is -0.137. The summed E-state index contributed by atoms with van der Waals surface area (Å²) in [5.74, 6) is -1.21. The number of hydrogen-bond donors (Lipinski definition) is 3. The second-order valence-electron chi connectivity index (χ2n) is 6.28. The zero-order valence-corrected chi connectivity index (χ0v) is 18.1. The standard InChI is InChI=1S/C22H24N2O8/c1-29-15-7-5-13(6-8-15)9-16(22(28)23-12-19(25)26)24-21(27)14-10-17(30-2)20(32-4)18(11-14)31-3/h5-11H,12H2,1-4H3,(H,23,28)(H,24,27)(H,25,26). The van der Waals surface area contributed by atoms with Crippen molar-refractivity contribution in [3.8, 4) is 23.0 Å². The molecule has 2 amide bonds. The minimum Gasteiger partial charge on any atom is -0.497 e. The number of carbonyl (C=O) groups excluding carboxylic acids is 2. The Bertz CT molecular complexity index is 990. The van der Waals surface area contributed by atoms with Crippen molar-refractivity contribution in [3.63, 3.8) is 0 Å². The first-order chi connectivity index (χ1) is 15.3. The molecule has 0 radical (unpaired) electrons. The average molecular weight is 444 g/mol. The van der Waals surface area contributed by atoms with Crippen molar-refractivity contribution < 1.29 is 38.4 Å². The Morgan fingerprint density at radius 1 is 0.906 bits per heavy atom. The fourth-order valence-electron chi connectivity index (χ4n) is 2.68. The normalized spacial score (nSPS) is 10.7. The minimum absolute atomic E-state index is 0.131. The van der Waals surface area contributed by atoms with Crippen LogP contribution in [0.3, 0.4) is 0 Å². The maximum absolute atomic E-state index is 12.9. The number of methoxy groups -OCH3 is 4. The first kappa shape index (κ1) is 24.1. The van der Waals surface area contributed by atoms with Crippen molar-refractivity contribution in [2.45, 2.75) is 0 Å². The number of hydrogen-bond acceptors (Lipinski definition) is 7. The van der Waals surface area contributed by atoms with Crippen LogP contribution in [0.5, 0.6) is 23.0 Å². The second kappa shape index (κ2) is 11.3. The van der Waals surface area contributed by atoms with E-state index in [0.29, 0.717) is 17.1 Å². The lowest BCUT2D eigenvalue weighted by Crippen LogP contribution is -2.37. The third-order valence-electron chi connectivity index (χ3n) is 4.25. The van der Waals surface area contributed by atoms with E-state index in [1.807, 2.05) is 0 Å². The summed E-state index contributed by atoms with van der Waals surface area (Å²) in [4.78, 5) is 36.3. The highest BCUT2D eigenvalue weighted by molar-refractivity contribution is 6.06. The van der Waals surface area contributed by atoms with Gasteiger partial charge in [0.1, 0.15) is 18.0 Å². The fraction of sp³-hybridized carbons (Fsp3) is 0.227. The van der Waals surface area contributed by atoms with Gasteiger partial charge in [-0.1, -0.05) is 12.1 Å². The Balaban J connectivity index is 2.39. The molecule has 0 atom stereocenters. The topological polar surface area (TPSA) is 132 Å². The monoisotopic (exact) mass is 444 g/mol. The molecule has 2 aromatic carbocycles. The van der Waals surface area contributed by atoms with Crippen LogP contribution in [-0.4, -0.2) is 57.9 Å². The van der Waals surface area contributed by atoms with Crippen LogP contribution in [0.4, 0.5) is 0 Å². The van der Waals surface area contributed by atoms with Gasteiger partial charge in [0.05, 0.1) is 28.4 Å². The van der Waals surface area contributed by atoms with Crippen molar-refractivity contribution in [1.29, 1.82) is 0 Å². The van der Waals surface area contributed by atoms with Crippen LogP contribution in [0.1, 0.15) is 15.9 Å². The smallest absolute Gasteiger partial charge is 0.322 e. The molecule has 2 rings (SSSR count).